The van der Waals surface area contributed by atoms with Gasteiger partial charge in [0, 0.05) is 19.7 Å². The molecule has 3 rings (SSSR count). The minimum atomic E-state index is -2.33. The number of nitrogens with two attached hydrogens (primary N) is 1. The molecule has 3 aromatic rings. The number of aromatic nitrogens is 4. The normalized spacial score (nSPS) is 14.0. The monoisotopic (exact) mass is 363 g/mol. The van der Waals surface area contributed by atoms with Crippen LogP contribution in [0.3, 0.4) is 0 Å². The average molecular weight is 364 g/mol. The molecule has 9 heteroatoms. The first-order valence-electron chi connectivity index (χ1n) is 8.29. The largest absolute Gasteiger partial charge is 0.397 e. The number of aliphatic hydroxyl groups excluding tert-OH is 1. The van der Waals surface area contributed by atoms with Gasteiger partial charge in [0.25, 0.3) is 5.56 Å². The van der Waals surface area contributed by atoms with Gasteiger partial charge in [-0.15, -0.1) is 0 Å². The molecule has 2 aromatic heterocycles. The van der Waals surface area contributed by atoms with Gasteiger partial charge in [0.15, 0.2) is 5.82 Å². The second kappa shape index (κ2) is 7.04. The number of hydrogen-bond donors (Lipinski definition) is 2. The lowest BCUT2D eigenvalue weighted by atomic mass is 10.1. The summed E-state index contributed by atoms with van der Waals surface area (Å²) >= 11 is 5.80. The zero-order valence-electron chi connectivity index (χ0n) is 15.2. The standard InChI is InChI=1S/C16H16ClN5O3/c1-9-12(18)7-19-22(16(9)24)8-15-20-14(21-25-15)6-13(23)10-2-4-11(17)5-3-10/h2-5,7,13,23H,6,8,18H2,1H3/t13-/m1/s1/i6D2. The van der Waals surface area contributed by atoms with E-state index in [-0.39, 0.29) is 23.9 Å². The van der Waals surface area contributed by atoms with E-state index in [9.17, 15) is 9.90 Å². The molecule has 0 bridgehead atoms. The van der Waals surface area contributed by atoms with Crippen LogP contribution in [0.1, 0.15) is 31.7 Å². The first-order chi connectivity index (χ1) is 12.7. The molecule has 0 radical (unpaired) electrons. The Bertz CT molecular complexity index is 1020. The first-order valence-corrected chi connectivity index (χ1v) is 7.66. The van der Waals surface area contributed by atoms with Crippen LogP contribution in [0.4, 0.5) is 5.69 Å². The van der Waals surface area contributed by atoms with E-state index in [1.165, 1.54) is 18.3 Å². The van der Waals surface area contributed by atoms with Crippen molar-refractivity contribution in [2.75, 3.05) is 5.73 Å². The van der Waals surface area contributed by atoms with Crippen LogP contribution >= 0.6 is 11.6 Å². The summed E-state index contributed by atoms with van der Waals surface area (Å²) in [4.78, 5) is 16.1. The molecule has 25 heavy (non-hydrogen) atoms. The lowest BCUT2D eigenvalue weighted by Gasteiger charge is -2.08. The number of nitrogen functional groups attached to an aromatic ring is 1. The number of benzene rings is 1. The van der Waals surface area contributed by atoms with Gasteiger partial charge in [0.05, 0.1) is 18.0 Å². The molecule has 0 aliphatic heterocycles. The second-order valence-corrected chi connectivity index (χ2v) is 5.73. The fraction of sp³-hybridized carbons (Fsp3) is 0.250. The van der Waals surface area contributed by atoms with E-state index >= 15 is 0 Å². The summed E-state index contributed by atoms with van der Waals surface area (Å²) in [5.41, 5.74) is 6.12. The van der Waals surface area contributed by atoms with Crippen molar-refractivity contribution in [3.63, 3.8) is 0 Å². The van der Waals surface area contributed by atoms with Gasteiger partial charge in [-0.05, 0) is 24.6 Å². The Morgan fingerprint density at radius 3 is 2.88 bits per heavy atom. The lowest BCUT2D eigenvalue weighted by Crippen LogP contribution is -2.26. The van der Waals surface area contributed by atoms with Crippen LogP contribution < -0.4 is 11.3 Å². The van der Waals surface area contributed by atoms with Crippen molar-refractivity contribution in [2.24, 2.45) is 0 Å². The molecule has 130 valence electrons. The minimum absolute atomic E-state index is 0.0315. The summed E-state index contributed by atoms with van der Waals surface area (Å²) < 4.78 is 22.4. The number of hydrogen-bond acceptors (Lipinski definition) is 7. The number of rotatable bonds is 5. The number of halogens is 1. The van der Waals surface area contributed by atoms with Crippen LogP contribution in [-0.2, 0) is 12.9 Å². The smallest absolute Gasteiger partial charge is 0.272 e. The third-order valence-corrected chi connectivity index (χ3v) is 3.78. The first kappa shape index (κ1) is 14.6. The van der Waals surface area contributed by atoms with Crippen molar-refractivity contribution < 1.29 is 12.4 Å². The predicted molar refractivity (Wildman–Crippen MR) is 91.2 cm³/mol. The zero-order chi connectivity index (χ0) is 19.8. The molecular weight excluding hydrogens is 346 g/mol. The summed E-state index contributed by atoms with van der Waals surface area (Å²) in [5.74, 6) is -0.379. The van der Waals surface area contributed by atoms with Crippen LogP contribution in [0.2, 0.25) is 5.02 Å². The van der Waals surface area contributed by atoms with Gasteiger partial charge in [-0.1, -0.05) is 28.9 Å². The molecule has 1 aromatic carbocycles. The summed E-state index contributed by atoms with van der Waals surface area (Å²) in [7, 11) is 0. The maximum atomic E-state index is 12.1. The van der Waals surface area contributed by atoms with E-state index < -0.39 is 18.0 Å². The van der Waals surface area contributed by atoms with Gasteiger partial charge in [-0.25, -0.2) is 4.68 Å². The molecule has 2 heterocycles. The van der Waals surface area contributed by atoms with E-state index in [0.717, 1.165) is 4.68 Å². The van der Waals surface area contributed by atoms with Gasteiger partial charge in [0.1, 0.15) is 6.54 Å². The number of anilines is 1. The van der Waals surface area contributed by atoms with Crippen molar-refractivity contribution in [1.29, 1.82) is 0 Å². The van der Waals surface area contributed by atoms with E-state index in [1.54, 1.807) is 19.1 Å². The van der Waals surface area contributed by atoms with Crippen LogP contribution in [0.25, 0.3) is 0 Å². The minimum Gasteiger partial charge on any atom is -0.397 e. The van der Waals surface area contributed by atoms with Gasteiger partial charge < -0.3 is 15.4 Å². The quantitative estimate of drug-likeness (QED) is 0.704. The molecule has 0 fully saturated rings. The molecule has 8 nitrogen and oxygen atoms in total. The van der Waals surface area contributed by atoms with Crippen molar-refractivity contribution in [3.05, 3.63) is 68.7 Å². The molecule has 0 aliphatic rings. The van der Waals surface area contributed by atoms with E-state index in [1.807, 2.05) is 0 Å². The van der Waals surface area contributed by atoms with E-state index in [2.05, 4.69) is 15.2 Å². The molecule has 1 atom stereocenters. The van der Waals surface area contributed by atoms with E-state index in [4.69, 9.17) is 24.6 Å². The maximum absolute atomic E-state index is 12.1. The predicted octanol–water partition coefficient (Wildman–Crippen LogP) is 1.49. The summed E-state index contributed by atoms with van der Waals surface area (Å²) in [5, 5.41) is 18.3. The summed E-state index contributed by atoms with van der Waals surface area (Å²) in [6.45, 7) is 1.41. The Balaban J connectivity index is 1.85. The highest BCUT2D eigenvalue weighted by molar-refractivity contribution is 6.30. The highest BCUT2D eigenvalue weighted by Crippen LogP contribution is 2.19. The fourth-order valence-electron chi connectivity index (χ4n) is 2.07. The van der Waals surface area contributed by atoms with Crippen LogP contribution in [0.15, 0.2) is 39.8 Å². The Morgan fingerprint density at radius 2 is 2.16 bits per heavy atom. The van der Waals surface area contributed by atoms with Crippen molar-refractivity contribution in [1.82, 2.24) is 19.9 Å². The van der Waals surface area contributed by atoms with Gasteiger partial charge in [-0.3, -0.25) is 4.79 Å². The molecule has 0 saturated carbocycles. The summed E-state index contributed by atoms with van der Waals surface area (Å²) in [6, 6.07) is 6.09. The Morgan fingerprint density at radius 1 is 1.44 bits per heavy atom. The maximum Gasteiger partial charge on any atom is 0.272 e. The van der Waals surface area contributed by atoms with Crippen molar-refractivity contribution >= 4 is 17.3 Å². The molecule has 3 N–H and O–H groups in total. The lowest BCUT2D eigenvalue weighted by molar-refractivity contribution is 0.174. The number of nitrogens with zero attached hydrogens (tertiary/aromatic N) is 4. The van der Waals surface area contributed by atoms with Crippen molar-refractivity contribution in [2.45, 2.75) is 25.9 Å². The molecule has 0 spiro atoms. The van der Waals surface area contributed by atoms with Gasteiger partial charge in [0.2, 0.25) is 5.89 Å². The Hall–Kier alpha value is -2.71. The highest BCUT2D eigenvalue weighted by atomic mass is 35.5. The third-order valence-electron chi connectivity index (χ3n) is 3.53. The molecule has 0 amide bonds. The fourth-order valence-corrected chi connectivity index (χ4v) is 2.19. The average Bonchev–Trinajstić information content (AvgIpc) is 3.12. The van der Waals surface area contributed by atoms with Crippen molar-refractivity contribution in [3.8, 4) is 0 Å². The number of aliphatic hydroxyl groups is 1. The SMILES string of the molecule is [2H]C([2H])(c1noc(Cn2ncc(N)c(C)c2=O)n1)[C@@H](O)c1ccc(Cl)cc1. The van der Waals surface area contributed by atoms with Crippen LogP contribution in [-0.4, -0.2) is 25.0 Å². The Kier molecular flexibility index (Phi) is 4.12. The second-order valence-electron chi connectivity index (χ2n) is 5.30. The molecular formula is C16H16ClN5O3. The highest BCUT2D eigenvalue weighted by Gasteiger charge is 2.15. The molecule has 0 saturated heterocycles. The van der Waals surface area contributed by atoms with Gasteiger partial charge >= 0.3 is 0 Å². The zero-order valence-corrected chi connectivity index (χ0v) is 13.9. The Labute approximate surface area is 150 Å². The topological polar surface area (TPSA) is 120 Å². The molecule has 0 aliphatic carbocycles. The van der Waals surface area contributed by atoms with Gasteiger partial charge in [-0.2, -0.15) is 10.1 Å². The molecule has 0 unspecified atom stereocenters. The van der Waals surface area contributed by atoms with Crippen LogP contribution in [0.5, 0.6) is 0 Å². The van der Waals surface area contributed by atoms with E-state index in [0.29, 0.717) is 16.1 Å². The van der Waals surface area contributed by atoms with Crippen LogP contribution in [0, 0.1) is 6.92 Å². The third kappa shape index (κ3) is 3.86. The summed E-state index contributed by atoms with van der Waals surface area (Å²) in [6.07, 6.45) is -2.54.